The van der Waals surface area contributed by atoms with E-state index in [9.17, 15) is 9.59 Å². The van der Waals surface area contributed by atoms with Crippen LogP contribution in [0.3, 0.4) is 0 Å². The molecular weight excluding hydrogens is 392 g/mol. The van der Waals surface area contributed by atoms with Crippen LogP contribution in [0, 0.1) is 0 Å². The van der Waals surface area contributed by atoms with Crippen molar-refractivity contribution in [3.05, 3.63) is 23.9 Å². The van der Waals surface area contributed by atoms with E-state index in [1.165, 1.54) is 21.3 Å². The van der Waals surface area contributed by atoms with Crippen LogP contribution in [0.2, 0.25) is 0 Å². The van der Waals surface area contributed by atoms with Crippen molar-refractivity contribution in [2.24, 2.45) is 0 Å². The van der Waals surface area contributed by atoms with Crippen LogP contribution in [0.5, 0.6) is 17.2 Å². The van der Waals surface area contributed by atoms with Gasteiger partial charge in [-0.25, -0.2) is 4.79 Å². The van der Waals surface area contributed by atoms with Gasteiger partial charge < -0.3 is 28.7 Å². The molecule has 1 N–H and O–H groups in total. The van der Waals surface area contributed by atoms with E-state index in [4.69, 9.17) is 18.9 Å². The zero-order valence-electron chi connectivity index (χ0n) is 17.6. The van der Waals surface area contributed by atoms with Crippen LogP contribution >= 0.6 is 0 Å². The number of nitrogens with one attached hydrogen (secondary N) is 1. The molecule has 1 aliphatic rings. The van der Waals surface area contributed by atoms with Crippen LogP contribution in [0.4, 0.5) is 4.79 Å². The first-order valence-electron chi connectivity index (χ1n) is 9.59. The number of carbonyl (C=O) groups excluding carboxylic acids is 2. The van der Waals surface area contributed by atoms with Gasteiger partial charge in [0.1, 0.15) is 5.69 Å². The molecule has 0 bridgehead atoms. The first-order valence-corrected chi connectivity index (χ1v) is 9.59. The Hall–Kier alpha value is -3.43. The van der Waals surface area contributed by atoms with Crippen molar-refractivity contribution in [1.29, 1.82) is 0 Å². The Labute approximate surface area is 174 Å². The molecule has 0 saturated carbocycles. The molecule has 1 aliphatic heterocycles. The maximum absolute atomic E-state index is 12.8. The van der Waals surface area contributed by atoms with Crippen molar-refractivity contribution in [3.63, 3.8) is 0 Å². The minimum absolute atomic E-state index is 0.176. The number of methoxy groups -OCH3 is 3. The fraction of sp³-hybridized carbons (Fsp3) is 0.450. The Morgan fingerprint density at radius 2 is 1.57 bits per heavy atom. The number of ether oxygens (including phenoxy) is 4. The number of H-pyrrole nitrogens is 1. The van der Waals surface area contributed by atoms with Gasteiger partial charge in [-0.3, -0.25) is 9.89 Å². The number of aromatic nitrogens is 2. The fourth-order valence-electron chi connectivity index (χ4n) is 3.29. The summed E-state index contributed by atoms with van der Waals surface area (Å²) in [5.74, 6) is 1.30. The molecule has 1 saturated heterocycles. The third kappa shape index (κ3) is 4.27. The molecule has 2 heterocycles. The van der Waals surface area contributed by atoms with Gasteiger partial charge in [0.25, 0.3) is 5.91 Å². The predicted octanol–water partition coefficient (Wildman–Crippen LogP) is 2.02. The number of carbonyl (C=O) groups is 2. The third-order valence-electron chi connectivity index (χ3n) is 4.86. The van der Waals surface area contributed by atoms with E-state index in [1.54, 1.807) is 34.9 Å². The summed E-state index contributed by atoms with van der Waals surface area (Å²) in [7, 11) is 4.61. The van der Waals surface area contributed by atoms with Crippen molar-refractivity contribution in [2.75, 3.05) is 54.1 Å². The van der Waals surface area contributed by atoms with Crippen LogP contribution in [-0.2, 0) is 4.74 Å². The molecule has 30 heavy (non-hydrogen) atoms. The Bertz CT molecular complexity index is 879. The number of aromatic amines is 1. The second kappa shape index (κ2) is 9.38. The highest BCUT2D eigenvalue weighted by Gasteiger charge is 2.26. The van der Waals surface area contributed by atoms with E-state index < -0.39 is 0 Å². The van der Waals surface area contributed by atoms with Crippen LogP contribution < -0.4 is 14.2 Å². The molecule has 0 atom stereocenters. The summed E-state index contributed by atoms with van der Waals surface area (Å²) in [6, 6.07) is 5.22. The molecule has 10 heteroatoms. The highest BCUT2D eigenvalue weighted by molar-refractivity contribution is 5.93. The number of nitrogens with zero attached hydrogens (tertiary/aromatic N) is 3. The van der Waals surface area contributed by atoms with Gasteiger partial charge in [0.05, 0.1) is 33.6 Å². The van der Waals surface area contributed by atoms with Gasteiger partial charge in [0.2, 0.25) is 5.75 Å². The van der Waals surface area contributed by atoms with Gasteiger partial charge in [-0.15, -0.1) is 0 Å². The van der Waals surface area contributed by atoms with Crippen molar-refractivity contribution >= 4 is 12.0 Å². The first-order chi connectivity index (χ1) is 14.5. The maximum atomic E-state index is 12.8. The normalized spacial score (nSPS) is 13.7. The molecule has 1 fully saturated rings. The lowest BCUT2D eigenvalue weighted by molar-refractivity contribution is 0.0566. The minimum Gasteiger partial charge on any atom is -0.493 e. The molecule has 0 aliphatic carbocycles. The Morgan fingerprint density at radius 3 is 2.10 bits per heavy atom. The largest absolute Gasteiger partial charge is 0.493 e. The minimum atomic E-state index is -0.351. The van der Waals surface area contributed by atoms with Gasteiger partial charge in [-0.05, 0) is 25.1 Å². The van der Waals surface area contributed by atoms with Gasteiger partial charge in [0.15, 0.2) is 11.5 Å². The van der Waals surface area contributed by atoms with Crippen LogP contribution in [-0.4, -0.2) is 86.1 Å². The lowest BCUT2D eigenvalue weighted by atomic mass is 10.1. The Balaban J connectivity index is 1.74. The van der Waals surface area contributed by atoms with Crippen LogP contribution in [0.15, 0.2) is 18.2 Å². The van der Waals surface area contributed by atoms with Crippen molar-refractivity contribution in [3.8, 4) is 28.5 Å². The monoisotopic (exact) mass is 418 g/mol. The van der Waals surface area contributed by atoms with Crippen LogP contribution in [0.1, 0.15) is 17.4 Å². The topological polar surface area (TPSA) is 106 Å². The van der Waals surface area contributed by atoms with E-state index >= 15 is 0 Å². The molecule has 0 spiro atoms. The van der Waals surface area contributed by atoms with E-state index in [0.29, 0.717) is 67.0 Å². The van der Waals surface area contributed by atoms with Crippen molar-refractivity contribution in [2.45, 2.75) is 6.92 Å². The van der Waals surface area contributed by atoms with Crippen LogP contribution in [0.25, 0.3) is 11.3 Å². The molecule has 1 aromatic heterocycles. The highest BCUT2D eigenvalue weighted by atomic mass is 16.6. The van der Waals surface area contributed by atoms with Gasteiger partial charge >= 0.3 is 6.09 Å². The summed E-state index contributed by atoms with van der Waals surface area (Å²) in [5.41, 5.74) is 1.65. The second-order valence-corrected chi connectivity index (χ2v) is 6.56. The summed E-state index contributed by atoms with van der Waals surface area (Å²) in [4.78, 5) is 27.9. The Morgan fingerprint density at radius 1 is 0.967 bits per heavy atom. The zero-order valence-corrected chi connectivity index (χ0v) is 17.6. The van der Waals surface area contributed by atoms with E-state index in [1.807, 2.05) is 0 Å². The van der Waals surface area contributed by atoms with E-state index in [-0.39, 0.29) is 12.0 Å². The quantitative estimate of drug-likeness (QED) is 0.765. The molecule has 2 aromatic rings. The number of rotatable bonds is 6. The summed E-state index contributed by atoms with van der Waals surface area (Å²) in [5, 5.41) is 7.07. The lowest BCUT2D eigenvalue weighted by Crippen LogP contribution is -2.50. The molecule has 0 radical (unpaired) electrons. The van der Waals surface area contributed by atoms with E-state index in [0.717, 1.165) is 0 Å². The summed E-state index contributed by atoms with van der Waals surface area (Å²) < 4.78 is 21.1. The van der Waals surface area contributed by atoms with E-state index in [2.05, 4.69) is 10.2 Å². The highest BCUT2D eigenvalue weighted by Crippen LogP contribution is 2.40. The number of piperazine rings is 1. The molecule has 10 nitrogen and oxygen atoms in total. The Kier molecular flexibility index (Phi) is 6.65. The molecule has 162 valence electrons. The fourth-order valence-corrected chi connectivity index (χ4v) is 3.29. The third-order valence-corrected chi connectivity index (χ3v) is 4.86. The zero-order chi connectivity index (χ0) is 21.7. The lowest BCUT2D eigenvalue weighted by Gasteiger charge is -2.33. The number of hydrogen-bond acceptors (Lipinski definition) is 7. The van der Waals surface area contributed by atoms with Gasteiger partial charge in [-0.1, -0.05) is 0 Å². The molecule has 0 unspecified atom stereocenters. The average molecular weight is 418 g/mol. The number of hydrogen-bond donors (Lipinski definition) is 1. The molecular formula is C20H26N4O6. The predicted molar refractivity (Wildman–Crippen MR) is 108 cm³/mol. The number of benzene rings is 1. The van der Waals surface area contributed by atoms with Crippen molar-refractivity contribution in [1.82, 2.24) is 20.0 Å². The van der Waals surface area contributed by atoms with Gasteiger partial charge in [0, 0.05) is 31.7 Å². The SMILES string of the molecule is CCOC(=O)N1CCN(C(=O)c2cc(-c3cc(OC)c(OC)c(OC)c3)n[nH]2)CC1. The molecule has 2 amide bonds. The maximum Gasteiger partial charge on any atom is 0.409 e. The first kappa shape index (κ1) is 21.3. The van der Waals surface area contributed by atoms with Crippen molar-refractivity contribution < 1.29 is 28.5 Å². The molecule has 3 rings (SSSR count). The smallest absolute Gasteiger partial charge is 0.409 e. The average Bonchev–Trinajstić information content (AvgIpc) is 3.28. The summed E-state index contributed by atoms with van der Waals surface area (Å²) in [6.45, 7) is 3.81. The molecule has 1 aromatic carbocycles. The second-order valence-electron chi connectivity index (χ2n) is 6.56. The summed E-state index contributed by atoms with van der Waals surface area (Å²) >= 11 is 0. The number of amides is 2. The van der Waals surface area contributed by atoms with Gasteiger partial charge in [-0.2, -0.15) is 5.10 Å². The standard InChI is InChI=1S/C20H26N4O6/c1-5-30-20(26)24-8-6-23(7-9-24)19(25)15-12-14(21-22-15)13-10-16(27-2)18(29-4)17(11-13)28-3/h10-12H,5-9H2,1-4H3,(H,21,22). The summed E-state index contributed by atoms with van der Waals surface area (Å²) in [6.07, 6.45) is -0.351.